The predicted molar refractivity (Wildman–Crippen MR) is 109 cm³/mol. The molecule has 0 saturated heterocycles. The zero-order chi connectivity index (χ0) is 21.1. The van der Waals surface area contributed by atoms with Gasteiger partial charge in [0.2, 0.25) is 0 Å². The molecule has 0 fully saturated rings. The Kier molecular flexibility index (Phi) is 8.26. The van der Waals surface area contributed by atoms with Crippen LogP contribution in [0.2, 0.25) is 0 Å². The van der Waals surface area contributed by atoms with Gasteiger partial charge in [-0.15, -0.1) is 0 Å². The summed E-state index contributed by atoms with van der Waals surface area (Å²) in [5.74, 6) is 0.385. The van der Waals surface area contributed by atoms with Crippen molar-refractivity contribution in [3.05, 3.63) is 85.7 Å². The van der Waals surface area contributed by atoms with Gasteiger partial charge in [-0.2, -0.15) is 0 Å². The molecule has 0 spiro atoms. The van der Waals surface area contributed by atoms with E-state index in [2.05, 4.69) is 6.58 Å². The molecule has 6 nitrogen and oxygen atoms in total. The fourth-order valence-electron chi connectivity index (χ4n) is 2.04. The fourth-order valence-corrected chi connectivity index (χ4v) is 2.04. The van der Waals surface area contributed by atoms with Gasteiger partial charge in [0.05, 0.1) is 0 Å². The van der Waals surface area contributed by atoms with Crippen LogP contribution in [0.1, 0.15) is 20.3 Å². The van der Waals surface area contributed by atoms with Gasteiger partial charge in [0.25, 0.3) is 0 Å². The van der Waals surface area contributed by atoms with E-state index >= 15 is 0 Å². The second-order valence-corrected chi connectivity index (χ2v) is 5.86. The summed E-state index contributed by atoms with van der Waals surface area (Å²) in [4.78, 5) is 22.2. The highest BCUT2D eigenvalue weighted by molar-refractivity contribution is 5.87. The molecule has 0 N–H and O–H groups in total. The lowest BCUT2D eigenvalue weighted by molar-refractivity contribution is -0.137. The fraction of sp³-hybridized carbons (Fsp3) is 0.130. The molecule has 0 aliphatic carbocycles. The molecule has 2 rings (SSSR count). The number of carbonyl (C=O) groups excluding carboxylic acids is 2. The normalized spacial score (nSPS) is 10.7. The van der Waals surface area contributed by atoms with Gasteiger partial charge in [0.1, 0.15) is 36.5 Å². The molecule has 0 heterocycles. The molecule has 0 aromatic heterocycles. The minimum absolute atomic E-state index is 0.307. The van der Waals surface area contributed by atoms with Crippen LogP contribution in [-0.4, -0.2) is 11.9 Å². The molecule has 2 aromatic carbocycles. The highest BCUT2D eigenvalue weighted by atomic mass is 16.5. The lowest BCUT2D eigenvalue weighted by Crippen LogP contribution is -1.99. The van der Waals surface area contributed by atoms with Crippen molar-refractivity contribution in [2.45, 2.75) is 20.3 Å². The smallest absolute Gasteiger partial charge is 0.338 e. The van der Waals surface area contributed by atoms with Gasteiger partial charge >= 0.3 is 11.9 Å². The third-order valence-electron chi connectivity index (χ3n) is 3.57. The molecule has 0 unspecified atom stereocenters. The van der Waals surface area contributed by atoms with Crippen LogP contribution in [-0.2, 0) is 19.1 Å². The standard InChI is InChI=1S/C23H22O6/c1-4-22(24)28-15-13-26-20-9-5-18(6-10-20)19-7-11-21(12-8-19)27-14-16-29-23(25)17(2)3/h5-16H,2,4H2,1,3H3/b15-13-,16-14-. The number of benzene rings is 2. The Morgan fingerprint density at radius 1 is 0.793 bits per heavy atom. The van der Waals surface area contributed by atoms with E-state index in [0.29, 0.717) is 23.5 Å². The summed E-state index contributed by atoms with van der Waals surface area (Å²) in [5.41, 5.74) is 2.30. The maximum atomic E-state index is 11.2. The molecule has 0 aliphatic heterocycles. The van der Waals surface area contributed by atoms with E-state index in [4.69, 9.17) is 18.9 Å². The Bertz CT molecular complexity index is 892. The Morgan fingerprint density at radius 2 is 1.24 bits per heavy atom. The average Bonchev–Trinajstić information content (AvgIpc) is 2.74. The SMILES string of the molecule is C=C(C)C(=O)O/C=C\Oc1ccc(-c2ccc(O/C=C\OC(=O)CC)cc2)cc1. The zero-order valence-electron chi connectivity index (χ0n) is 16.3. The van der Waals surface area contributed by atoms with Crippen LogP contribution in [0, 0.1) is 0 Å². The van der Waals surface area contributed by atoms with E-state index < -0.39 is 5.97 Å². The largest absolute Gasteiger partial charge is 0.462 e. The van der Waals surface area contributed by atoms with Crippen molar-refractivity contribution in [3.8, 4) is 22.6 Å². The van der Waals surface area contributed by atoms with Crippen LogP contribution in [0.5, 0.6) is 11.5 Å². The van der Waals surface area contributed by atoms with E-state index in [-0.39, 0.29) is 5.97 Å². The molecule has 150 valence electrons. The number of hydrogen-bond donors (Lipinski definition) is 0. The molecule has 0 amide bonds. The van der Waals surface area contributed by atoms with Crippen LogP contribution < -0.4 is 9.47 Å². The Balaban J connectivity index is 1.87. The Hall–Kier alpha value is -3.80. The van der Waals surface area contributed by atoms with E-state index in [1.807, 2.05) is 36.4 Å². The van der Waals surface area contributed by atoms with Gasteiger partial charge in [0, 0.05) is 12.0 Å². The number of carbonyl (C=O) groups is 2. The lowest BCUT2D eigenvalue weighted by Gasteiger charge is -2.06. The van der Waals surface area contributed by atoms with Gasteiger partial charge in [-0.3, -0.25) is 4.79 Å². The minimum atomic E-state index is -0.509. The highest BCUT2D eigenvalue weighted by Gasteiger charge is 2.01. The summed E-state index contributed by atoms with van der Waals surface area (Å²) in [5, 5.41) is 0. The van der Waals surface area contributed by atoms with Crippen molar-refractivity contribution < 1.29 is 28.5 Å². The maximum Gasteiger partial charge on any atom is 0.338 e. The molecule has 0 saturated carbocycles. The van der Waals surface area contributed by atoms with Crippen LogP contribution >= 0.6 is 0 Å². The monoisotopic (exact) mass is 394 g/mol. The summed E-state index contributed by atoms with van der Waals surface area (Å²) in [6, 6.07) is 14.9. The molecular formula is C23H22O6. The molecule has 2 aromatic rings. The molecule has 29 heavy (non-hydrogen) atoms. The maximum absolute atomic E-state index is 11.2. The van der Waals surface area contributed by atoms with Gasteiger partial charge in [0.15, 0.2) is 0 Å². The first-order valence-corrected chi connectivity index (χ1v) is 8.89. The van der Waals surface area contributed by atoms with E-state index in [1.165, 1.54) is 25.0 Å². The van der Waals surface area contributed by atoms with Gasteiger partial charge < -0.3 is 18.9 Å². The van der Waals surface area contributed by atoms with E-state index in [9.17, 15) is 9.59 Å². The van der Waals surface area contributed by atoms with Crippen molar-refractivity contribution in [3.63, 3.8) is 0 Å². The molecule has 6 heteroatoms. The van der Waals surface area contributed by atoms with Crippen LogP contribution in [0.25, 0.3) is 11.1 Å². The minimum Gasteiger partial charge on any atom is -0.462 e. The summed E-state index contributed by atoms with van der Waals surface area (Å²) >= 11 is 0. The second kappa shape index (κ2) is 11.1. The Morgan fingerprint density at radius 3 is 1.66 bits per heavy atom. The van der Waals surface area contributed by atoms with Gasteiger partial charge in [-0.25, -0.2) is 4.79 Å². The number of rotatable bonds is 9. The Labute approximate surface area is 169 Å². The van der Waals surface area contributed by atoms with E-state index in [1.54, 1.807) is 26.0 Å². The first-order valence-electron chi connectivity index (χ1n) is 8.89. The molecular weight excluding hydrogens is 372 g/mol. The first kappa shape index (κ1) is 21.5. The predicted octanol–water partition coefficient (Wildman–Crippen LogP) is 5.13. The van der Waals surface area contributed by atoms with Gasteiger partial charge in [-0.1, -0.05) is 37.8 Å². The summed E-state index contributed by atoms with van der Waals surface area (Å²) < 4.78 is 20.3. The van der Waals surface area contributed by atoms with Crippen LogP contribution in [0.4, 0.5) is 0 Å². The van der Waals surface area contributed by atoms with Crippen molar-refractivity contribution in [2.24, 2.45) is 0 Å². The quantitative estimate of drug-likeness (QED) is 0.334. The number of ether oxygens (including phenoxy) is 4. The molecule has 0 radical (unpaired) electrons. The van der Waals surface area contributed by atoms with Crippen LogP contribution in [0.15, 0.2) is 85.7 Å². The van der Waals surface area contributed by atoms with Crippen LogP contribution in [0.3, 0.4) is 0 Å². The third kappa shape index (κ3) is 7.38. The number of esters is 2. The molecule has 0 bridgehead atoms. The van der Waals surface area contributed by atoms with Gasteiger partial charge in [-0.05, 0) is 42.3 Å². The van der Waals surface area contributed by atoms with E-state index in [0.717, 1.165) is 11.1 Å². The average molecular weight is 394 g/mol. The summed E-state index contributed by atoms with van der Waals surface area (Å²) in [6.45, 7) is 6.77. The van der Waals surface area contributed by atoms with Crippen molar-refractivity contribution in [1.29, 1.82) is 0 Å². The zero-order valence-corrected chi connectivity index (χ0v) is 16.3. The first-order chi connectivity index (χ1) is 14.0. The third-order valence-corrected chi connectivity index (χ3v) is 3.57. The molecule has 0 atom stereocenters. The van der Waals surface area contributed by atoms with Crippen molar-refractivity contribution in [2.75, 3.05) is 0 Å². The summed E-state index contributed by atoms with van der Waals surface area (Å²) in [6.07, 6.45) is 5.29. The van der Waals surface area contributed by atoms with Crippen molar-refractivity contribution >= 4 is 11.9 Å². The lowest BCUT2D eigenvalue weighted by atomic mass is 10.1. The summed E-state index contributed by atoms with van der Waals surface area (Å²) in [7, 11) is 0. The second-order valence-electron chi connectivity index (χ2n) is 5.86. The van der Waals surface area contributed by atoms with Crippen molar-refractivity contribution in [1.82, 2.24) is 0 Å². The topological polar surface area (TPSA) is 71.1 Å². The number of hydrogen-bond acceptors (Lipinski definition) is 6. The molecule has 0 aliphatic rings. The highest BCUT2D eigenvalue weighted by Crippen LogP contribution is 2.24.